The molecule has 0 bridgehead atoms. The molecular formula is C8H16N2O2. The first-order chi connectivity index (χ1) is 5.43. The normalized spacial score (nSPS) is 12.4. The van der Waals surface area contributed by atoms with Crippen molar-refractivity contribution >= 4 is 11.8 Å². The van der Waals surface area contributed by atoms with E-state index in [-0.39, 0.29) is 17.9 Å². The standard InChI is InChI=1S/C8H16N2O2/c1-5(2)9-8(12)6(3)10-7(4)11/h5-6H,1-4H3,(H,9,12)(H,10,11). The maximum Gasteiger partial charge on any atom is 0.242 e. The molecule has 0 saturated heterocycles. The monoisotopic (exact) mass is 172 g/mol. The van der Waals surface area contributed by atoms with Crippen LogP contribution in [0.3, 0.4) is 0 Å². The summed E-state index contributed by atoms with van der Waals surface area (Å²) in [5.41, 5.74) is 0. The Labute approximate surface area is 72.7 Å². The van der Waals surface area contributed by atoms with Gasteiger partial charge in [-0.05, 0) is 20.8 Å². The molecule has 0 saturated carbocycles. The fourth-order valence-corrected chi connectivity index (χ4v) is 0.780. The van der Waals surface area contributed by atoms with E-state index in [1.165, 1.54) is 6.92 Å². The minimum Gasteiger partial charge on any atom is -0.352 e. The van der Waals surface area contributed by atoms with Crippen LogP contribution in [0.4, 0.5) is 0 Å². The van der Waals surface area contributed by atoms with E-state index >= 15 is 0 Å². The molecule has 0 heterocycles. The molecule has 12 heavy (non-hydrogen) atoms. The third-order valence-corrected chi connectivity index (χ3v) is 1.24. The van der Waals surface area contributed by atoms with Gasteiger partial charge in [-0.2, -0.15) is 0 Å². The zero-order valence-corrected chi connectivity index (χ0v) is 7.97. The Balaban J connectivity index is 3.85. The van der Waals surface area contributed by atoms with Crippen LogP contribution in [0.5, 0.6) is 0 Å². The molecule has 0 radical (unpaired) electrons. The van der Waals surface area contributed by atoms with Crippen molar-refractivity contribution < 1.29 is 9.59 Å². The Kier molecular flexibility index (Phi) is 4.33. The second-order valence-corrected chi connectivity index (χ2v) is 3.09. The van der Waals surface area contributed by atoms with Crippen molar-refractivity contribution in [3.63, 3.8) is 0 Å². The summed E-state index contributed by atoms with van der Waals surface area (Å²) < 4.78 is 0. The number of nitrogens with one attached hydrogen (secondary N) is 2. The van der Waals surface area contributed by atoms with E-state index < -0.39 is 6.04 Å². The molecule has 2 N–H and O–H groups in total. The molecule has 1 unspecified atom stereocenters. The third-order valence-electron chi connectivity index (χ3n) is 1.24. The number of hydrogen-bond donors (Lipinski definition) is 2. The molecule has 0 aliphatic carbocycles. The van der Waals surface area contributed by atoms with Crippen LogP contribution in [0.25, 0.3) is 0 Å². The molecule has 70 valence electrons. The molecule has 0 aromatic carbocycles. The lowest BCUT2D eigenvalue weighted by atomic mass is 10.3. The Bertz CT molecular complexity index is 178. The summed E-state index contributed by atoms with van der Waals surface area (Å²) in [6.45, 7) is 6.79. The average molecular weight is 172 g/mol. The van der Waals surface area contributed by atoms with Gasteiger partial charge in [-0.15, -0.1) is 0 Å². The predicted molar refractivity (Wildman–Crippen MR) is 46.6 cm³/mol. The van der Waals surface area contributed by atoms with Crippen molar-refractivity contribution in [2.45, 2.75) is 39.8 Å². The van der Waals surface area contributed by atoms with Crippen LogP contribution in [0, 0.1) is 0 Å². The number of hydrogen-bond acceptors (Lipinski definition) is 2. The van der Waals surface area contributed by atoms with Crippen LogP contribution in [-0.2, 0) is 9.59 Å². The lowest BCUT2D eigenvalue weighted by Crippen LogP contribution is -2.46. The topological polar surface area (TPSA) is 58.2 Å². The van der Waals surface area contributed by atoms with Gasteiger partial charge < -0.3 is 10.6 Å². The molecule has 4 nitrogen and oxygen atoms in total. The highest BCUT2D eigenvalue weighted by atomic mass is 16.2. The molecule has 2 amide bonds. The van der Waals surface area contributed by atoms with E-state index in [4.69, 9.17) is 0 Å². The summed E-state index contributed by atoms with van der Waals surface area (Å²) in [5.74, 6) is -0.346. The van der Waals surface area contributed by atoms with Gasteiger partial charge in [-0.1, -0.05) is 0 Å². The first kappa shape index (κ1) is 10.9. The van der Waals surface area contributed by atoms with Gasteiger partial charge in [0.15, 0.2) is 0 Å². The zero-order valence-electron chi connectivity index (χ0n) is 7.97. The molecule has 1 atom stereocenters. The maximum atomic E-state index is 11.2. The Morgan fingerprint density at radius 3 is 1.92 bits per heavy atom. The summed E-state index contributed by atoms with van der Waals surface area (Å²) in [4.78, 5) is 21.7. The number of carbonyl (C=O) groups excluding carboxylic acids is 2. The summed E-state index contributed by atoms with van der Waals surface area (Å²) in [5, 5.41) is 5.19. The molecule has 0 fully saturated rings. The molecule has 0 rings (SSSR count). The van der Waals surface area contributed by atoms with Crippen LogP contribution in [0.2, 0.25) is 0 Å². The van der Waals surface area contributed by atoms with Crippen LogP contribution in [0.15, 0.2) is 0 Å². The van der Waals surface area contributed by atoms with Crippen molar-refractivity contribution in [1.82, 2.24) is 10.6 Å². The van der Waals surface area contributed by atoms with Gasteiger partial charge in [0.05, 0.1) is 0 Å². The van der Waals surface area contributed by atoms with Gasteiger partial charge in [0, 0.05) is 13.0 Å². The van der Waals surface area contributed by atoms with Crippen molar-refractivity contribution in [3.05, 3.63) is 0 Å². The quantitative estimate of drug-likeness (QED) is 0.631. The van der Waals surface area contributed by atoms with E-state index in [0.717, 1.165) is 0 Å². The minimum atomic E-state index is -0.454. The minimum absolute atomic E-state index is 0.105. The predicted octanol–water partition coefficient (Wildman–Crippen LogP) is 0.0356. The SMILES string of the molecule is CC(=O)NC(C)C(=O)NC(C)C. The average Bonchev–Trinajstić information content (AvgIpc) is 1.84. The van der Waals surface area contributed by atoms with Crippen LogP contribution in [0.1, 0.15) is 27.7 Å². The highest BCUT2D eigenvalue weighted by Crippen LogP contribution is 1.84. The first-order valence-electron chi connectivity index (χ1n) is 4.01. The number of carbonyl (C=O) groups is 2. The summed E-state index contributed by atoms with van der Waals surface area (Å²) in [7, 11) is 0. The third kappa shape index (κ3) is 4.71. The number of amides is 2. The van der Waals surface area contributed by atoms with E-state index in [9.17, 15) is 9.59 Å². The largest absolute Gasteiger partial charge is 0.352 e. The molecule has 0 aromatic rings. The van der Waals surface area contributed by atoms with E-state index in [2.05, 4.69) is 10.6 Å². The maximum absolute atomic E-state index is 11.2. The fourth-order valence-electron chi connectivity index (χ4n) is 0.780. The van der Waals surface area contributed by atoms with Gasteiger partial charge in [-0.3, -0.25) is 9.59 Å². The van der Waals surface area contributed by atoms with Crippen molar-refractivity contribution in [1.29, 1.82) is 0 Å². The van der Waals surface area contributed by atoms with Crippen LogP contribution >= 0.6 is 0 Å². The molecule has 0 aliphatic heterocycles. The second kappa shape index (κ2) is 4.74. The van der Waals surface area contributed by atoms with Crippen molar-refractivity contribution in [2.75, 3.05) is 0 Å². The summed E-state index contributed by atoms with van der Waals surface area (Å²) in [6, 6.07) is -0.349. The zero-order chi connectivity index (χ0) is 9.72. The lowest BCUT2D eigenvalue weighted by molar-refractivity contribution is -0.127. The summed E-state index contributed by atoms with van der Waals surface area (Å²) >= 11 is 0. The first-order valence-corrected chi connectivity index (χ1v) is 4.01. The van der Waals surface area contributed by atoms with Gasteiger partial charge in [0.1, 0.15) is 6.04 Å². The fraction of sp³-hybridized carbons (Fsp3) is 0.750. The van der Waals surface area contributed by atoms with E-state index in [1.807, 2.05) is 13.8 Å². The molecule has 0 aliphatic rings. The van der Waals surface area contributed by atoms with Gasteiger partial charge in [0.25, 0.3) is 0 Å². The van der Waals surface area contributed by atoms with E-state index in [1.54, 1.807) is 6.92 Å². The smallest absolute Gasteiger partial charge is 0.242 e. The van der Waals surface area contributed by atoms with Gasteiger partial charge in [0.2, 0.25) is 11.8 Å². The van der Waals surface area contributed by atoms with Crippen LogP contribution < -0.4 is 10.6 Å². The van der Waals surface area contributed by atoms with Gasteiger partial charge >= 0.3 is 0 Å². The Hall–Kier alpha value is -1.06. The molecule has 4 heteroatoms. The Morgan fingerprint density at radius 2 is 1.58 bits per heavy atom. The Morgan fingerprint density at radius 1 is 1.08 bits per heavy atom. The van der Waals surface area contributed by atoms with Gasteiger partial charge in [-0.25, -0.2) is 0 Å². The highest BCUT2D eigenvalue weighted by molar-refractivity contribution is 5.86. The lowest BCUT2D eigenvalue weighted by Gasteiger charge is -2.14. The van der Waals surface area contributed by atoms with Crippen LogP contribution in [-0.4, -0.2) is 23.9 Å². The van der Waals surface area contributed by atoms with Crippen molar-refractivity contribution in [2.24, 2.45) is 0 Å². The molecular weight excluding hydrogens is 156 g/mol. The second-order valence-electron chi connectivity index (χ2n) is 3.09. The molecule has 0 spiro atoms. The van der Waals surface area contributed by atoms with E-state index in [0.29, 0.717) is 0 Å². The highest BCUT2D eigenvalue weighted by Gasteiger charge is 2.13. The van der Waals surface area contributed by atoms with Crippen molar-refractivity contribution in [3.8, 4) is 0 Å². The molecule has 0 aromatic heterocycles. The summed E-state index contributed by atoms with van der Waals surface area (Å²) in [6.07, 6.45) is 0. The number of rotatable bonds is 3.